The zero-order chi connectivity index (χ0) is 14.2. The Morgan fingerprint density at radius 1 is 1.35 bits per heavy atom. The summed E-state index contributed by atoms with van der Waals surface area (Å²) in [4.78, 5) is 18.7. The van der Waals surface area contributed by atoms with Crippen molar-refractivity contribution >= 4 is 5.91 Å². The molecular formula is C15H19N3O2. The van der Waals surface area contributed by atoms with Crippen LogP contribution in [-0.2, 0) is 11.2 Å². The average molecular weight is 273 g/mol. The van der Waals surface area contributed by atoms with Gasteiger partial charge in [-0.2, -0.15) is 0 Å². The minimum absolute atomic E-state index is 0.0105. The van der Waals surface area contributed by atoms with Gasteiger partial charge in [0, 0.05) is 25.4 Å². The second kappa shape index (κ2) is 7.33. The average Bonchev–Trinajstić information content (AvgIpc) is 2.94. The summed E-state index contributed by atoms with van der Waals surface area (Å²) in [5.74, 6) is 1.66. The van der Waals surface area contributed by atoms with E-state index in [2.05, 4.69) is 15.3 Å². The maximum atomic E-state index is 11.6. The molecule has 106 valence electrons. The van der Waals surface area contributed by atoms with Gasteiger partial charge in [-0.05, 0) is 19.1 Å². The number of ether oxygens (including phenoxy) is 1. The Kier molecular flexibility index (Phi) is 5.17. The summed E-state index contributed by atoms with van der Waals surface area (Å²) in [7, 11) is 0. The van der Waals surface area contributed by atoms with Crippen LogP contribution < -0.4 is 10.1 Å². The van der Waals surface area contributed by atoms with E-state index in [9.17, 15) is 4.79 Å². The lowest BCUT2D eigenvalue weighted by molar-refractivity contribution is -0.121. The van der Waals surface area contributed by atoms with Crippen LogP contribution in [0.25, 0.3) is 0 Å². The van der Waals surface area contributed by atoms with Crippen molar-refractivity contribution in [2.24, 2.45) is 0 Å². The van der Waals surface area contributed by atoms with Crippen molar-refractivity contribution in [1.82, 2.24) is 15.3 Å². The fourth-order valence-corrected chi connectivity index (χ4v) is 1.74. The lowest BCUT2D eigenvalue weighted by Crippen LogP contribution is -2.27. The van der Waals surface area contributed by atoms with Crippen LogP contribution in [-0.4, -0.2) is 29.0 Å². The predicted molar refractivity (Wildman–Crippen MR) is 76.6 cm³/mol. The van der Waals surface area contributed by atoms with E-state index in [1.165, 1.54) is 5.56 Å². The molecule has 2 aromatic rings. The van der Waals surface area contributed by atoms with E-state index >= 15 is 0 Å². The highest BCUT2D eigenvalue weighted by Crippen LogP contribution is 2.11. The minimum atomic E-state index is -0.0105. The summed E-state index contributed by atoms with van der Waals surface area (Å²) >= 11 is 0. The first-order valence-corrected chi connectivity index (χ1v) is 6.68. The molecule has 0 aliphatic rings. The van der Waals surface area contributed by atoms with Crippen LogP contribution in [0.1, 0.15) is 17.8 Å². The molecular weight excluding hydrogens is 254 g/mol. The molecule has 0 unspecified atom stereocenters. The fraction of sp³-hybridized carbons (Fsp3) is 0.333. The highest BCUT2D eigenvalue weighted by Gasteiger charge is 2.02. The van der Waals surface area contributed by atoms with Crippen LogP contribution >= 0.6 is 0 Å². The number of benzene rings is 1. The first-order valence-electron chi connectivity index (χ1n) is 6.68. The lowest BCUT2D eigenvalue weighted by atomic mass is 10.2. The molecule has 5 nitrogen and oxygen atoms in total. The molecule has 0 atom stereocenters. The number of hydrogen-bond acceptors (Lipinski definition) is 3. The van der Waals surface area contributed by atoms with Crippen molar-refractivity contribution in [1.29, 1.82) is 0 Å². The first-order chi connectivity index (χ1) is 9.74. The Bertz CT molecular complexity index is 521. The van der Waals surface area contributed by atoms with Gasteiger partial charge in [-0.3, -0.25) is 4.79 Å². The SMILES string of the molecule is Cc1ccc(OCCC(=O)NCCc2ncc[nH]2)cc1. The number of nitrogens with zero attached hydrogens (tertiary/aromatic N) is 1. The van der Waals surface area contributed by atoms with Crippen molar-refractivity contribution in [3.63, 3.8) is 0 Å². The Labute approximate surface area is 118 Å². The minimum Gasteiger partial charge on any atom is -0.493 e. The van der Waals surface area contributed by atoms with Gasteiger partial charge >= 0.3 is 0 Å². The Morgan fingerprint density at radius 2 is 2.15 bits per heavy atom. The third-order valence-corrected chi connectivity index (χ3v) is 2.86. The van der Waals surface area contributed by atoms with Gasteiger partial charge < -0.3 is 15.0 Å². The number of imidazole rings is 1. The number of amides is 1. The molecule has 0 aliphatic heterocycles. The number of aromatic nitrogens is 2. The van der Waals surface area contributed by atoms with Crippen LogP contribution in [0.2, 0.25) is 0 Å². The second-order valence-electron chi connectivity index (χ2n) is 4.55. The summed E-state index contributed by atoms with van der Waals surface area (Å²) in [5.41, 5.74) is 1.19. The highest BCUT2D eigenvalue weighted by molar-refractivity contribution is 5.75. The number of carbonyl (C=O) groups excluding carboxylic acids is 1. The molecule has 0 saturated carbocycles. The number of aromatic amines is 1. The fourth-order valence-electron chi connectivity index (χ4n) is 1.74. The van der Waals surface area contributed by atoms with Gasteiger partial charge in [-0.1, -0.05) is 17.7 Å². The molecule has 1 aromatic heterocycles. The summed E-state index contributed by atoms with van der Waals surface area (Å²) in [5, 5.41) is 2.84. The van der Waals surface area contributed by atoms with Gasteiger partial charge in [0.05, 0.1) is 13.0 Å². The standard InChI is InChI=1S/C15H19N3O2/c1-12-2-4-13(5-3-12)20-11-7-15(19)18-8-6-14-16-9-10-17-14/h2-5,9-10H,6-8,11H2,1H3,(H,16,17)(H,18,19). The summed E-state index contributed by atoms with van der Waals surface area (Å²) in [6, 6.07) is 7.78. The van der Waals surface area contributed by atoms with E-state index < -0.39 is 0 Å². The Balaban J connectivity index is 1.59. The molecule has 1 aromatic carbocycles. The van der Waals surface area contributed by atoms with Crippen LogP contribution in [0.15, 0.2) is 36.7 Å². The molecule has 0 fully saturated rings. The third kappa shape index (κ3) is 4.76. The van der Waals surface area contributed by atoms with Crippen molar-refractivity contribution in [2.75, 3.05) is 13.2 Å². The molecule has 1 heterocycles. The molecule has 1 amide bonds. The molecule has 2 rings (SSSR count). The third-order valence-electron chi connectivity index (χ3n) is 2.86. The van der Waals surface area contributed by atoms with Crippen molar-refractivity contribution in [2.45, 2.75) is 19.8 Å². The predicted octanol–water partition coefficient (Wildman–Crippen LogP) is 1.85. The van der Waals surface area contributed by atoms with Gasteiger partial charge in [0.25, 0.3) is 0 Å². The second-order valence-corrected chi connectivity index (χ2v) is 4.55. The van der Waals surface area contributed by atoms with Gasteiger partial charge in [-0.25, -0.2) is 4.98 Å². The highest BCUT2D eigenvalue weighted by atomic mass is 16.5. The van der Waals surface area contributed by atoms with E-state index in [0.717, 1.165) is 11.6 Å². The van der Waals surface area contributed by atoms with Crippen molar-refractivity contribution in [3.8, 4) is 5.75 Å². The lowest BCUT2D eigenvalue weighted by Gasteiger charge is -2.07. The maximum Gasteiger partial charge on any atom is 0.223 e. The summed E-state index contributed by atoms with van der Waals surface area (Å²) in [6.45, 7) is 2.99. The van der Waals surface area contributed by atoms with E-state index in [-0.39, 0.29) is 5.91 Å². The first kappa shape index (κ1) is 14.1. The molecule has 2 N–H and O–H groups in total. The normalized spacial score (nSPS) is 10.2. The monoisotopic (exact) mass is 273 g/mol. The molecule has 0 saturated heterocycles. The number of hydrogen-bond donors (Lipinski definition) is 2. The van der Waals surface area contributed by atoms with Crippen LogP contribution in [0.3, 0.4) is 0 Å². The maximum absolute atomic E-state index is 11.6. The molecule has 5 heteroatoms. The van der Waals surface area contributed by atoms with Crippen LogP contribution in [0, 0.1) is 6.92 Å². The zero-order valence-corrected chi connectivity index (χ0v) is 11.6. The number of rotatable bonds is 7. The Morgan fingerprint density at radius 3 is 2.85 bits per heavy atom. The molecule has 0 spiro atoms. The van der Waals surface area contributed by atoms with Gasteiger partial charge in [0.1, 0.15) is 11.6 Å². The van der Waals surface area contributed by atoms with Crippen LogP contribution in [0.4, 0.5) is 0 Å². The largest absolute Gasteiger partial charge is 0.493 e. The Hall–Kier alpha value is -2.30. The molecule has 0 radical (unpaired) electrons. The molecule has 0 aliphatic carbocycles. The molecule has 20 heavy (non-hydrogen) atoms. The zero-order valence-electron chi connectivity index (χ0n) is 11.6. The number of aryl methyl sites for hydroxylation is 1. The summed E-state index contributed by atoms with van der Waals surface area (Å²) < 4.78 is 5.50. The molecule has 0 bridgehead atoms. The van der Waals surface area contributed by atoms with Gasteiger partial charge in [0.2, 0.25) is 5.91 Å². The van der Waals surface area contributed by atoms with Gasteiger partial charge in [-0.15, -0.1) is 0 Å². The van der Waals surface area contributed by atoms with E-state index in [1.807, 2.05) is 31.2 Å². The van der Waals surface area contributed by atoms with Gasteiger partial charge in [0.15, 0.2) is 0 Å². The summed E-state index contributed by atoms with van der Waals surface area (Å²) in [6.07, 6.45) is 4.53. The quantitative estimate of drug-likeness (QED) is 0.809. The number of carbonyl (C=O) groups is 1. The van der Waals surface area contributed by atoms with E-state index in [4.69, 9.17) is 4.74 Å². The number of nitrogens with one attached hydrogen (secondary N) is 2. The van der Waals surface area contributed by atoms with E-state index in [1.54, 1.807) is 12.4 Å². The number of H-pyrrole nitrogens is 1. The smallest absolute Gasteiger partial charge is 0.223 e. The van der Waals surface area contributed by atoms with Crippen molar-refractivity contribution < 1.29 is 9.53 Å². The van der Waals surface area contributed by atoms with Crippen molar-refractivity contribution in [3.05, 3.63) is 48.0 Å². The topological polar surface area (TPSA) is 67.0 Å². The van der Waals surface area contributed by atoms with Crippen LogP contribution in [0.5, 0.6) is 5.75 Å². The van der Waals surface area contributed by atoms with E-state index in [0.29, 0.717) is 26.0 Å².